The van der Waals surface area contributed by atoms with Gasteiger partial charge in [0.25, 0.3) is 0 Å². The van der Waals surface area contributed by atoms with E-state index in [9.17, 15) is 5.26 Å². The van der Waals surface area contributed by atoms with Crippen LogP contribution in [-0.2, 0) is 0 Å². The third-order valence-electron chi connectivity index (χ3n) is 3.74. The van der Waals surface area contributed by atoms with Crippen molar-refractivity contribution in [2.24, 2.45) is 0 Å². The number of hydrogen-bond donors (Lipinski definition) is 0. The highest BCUT2D eigenvalue weighted by Crippen LogP contribution is 2.38. The van der Waals surface area contributed by atoms with Crippen molar-refractivity contribution in [1.29, 1.82) is 5.26 Å². The summed E-state index contributed by atoms with van der Waals surface area (Å²) in [6.45, 7) is 5.14. The molecule has 4 nitrogen and oxygen atoms in total. The quantitative estimate of drug-likeness (QED) is 0.402. The molecular weight excluding hydrogens is 424 g/mol. The van der Waals surface area contributed by atoms with Gasteiger partial charge in [0.15, 0.2) is 11.5 Å². The number of aromatic nitrogens is 1. The van der Waals surface area contributed by atoms with Crippen LogP contribution < -0.4 is 9.47 Å². The number of nitriles is 1. The van der Waals surface area contributed by atoms with Gasteiger partial charge >= 0.3 is 0 Å². The van der Waals surface area contributed by atoms with E-state index in [4.69, 9.17) is 9.47 Å². The van der Waals surface area contributed by atoms with Crippen molar-refractivity contribution in [2.75, 3.05) is 13.2 Å². The van der Waals surface area contributed by atoms with Crippen LogP contribution in [0.1, 0.15) is 30.8 Å². The summed E-state index contributed by atoms with van der Waals surface area (Å²) in [5.74, 6) is 1.35. The number of benzene rings is 2. The van der Waals surface area contributed by atoms with Gasteiger partial charge in [-0.1, -0.05) is 19.1 Å². The summed E-state index contributed by atoms with van der Waals surface area (Å²) in [5.41, 5.74) is 2.27. The second-order valence-electron chi connectivity index (χ2n) is 5.77. The van der Waals surface area contributed by atoms with E-state index in [-0.39, 0.29) is 0 Å². The third kappa shape index (κ3) is 4.49. The van der Waals surface area contributed by atoms with Crippen molar-refractivity contribution in [2.45, 2.75) is 20.3 Å². The maximum absolute atomic E-state index is 9.66. The summed E-state index contributed by atoms with van der Waals surface area (Å²) in [7, 11) is 0. The second-order valence-corrected chi connectivity index (χ2v) is 7.65. The van der Waals surface area contributed by atoms with Gasteiger partial charge in [0.1, 0.15) is 11.1 Å². The molecule has 0 aliphatic rings. The van der Waals surface area contributed by atoms with Crippen LogP contribution in [-0.4, -0.2) is 18.2 Å². The minimum absolute atomic E-state index is 0.521. The monoisotopic (exact) mass is 442 g/mol. The first kappa shape index (κ1) is 19.4. The maximum atomic E-state index is 9.66. The molecule has 0 saturated carbocycles. The zero-order valence-corrected chi connectivity index (χ0v) is 17.6. The molecule has 27 heavy (non-hydrogen) atoms. The third-order valence-corrected chi connectivity index (χ3v) is 5.40. The van der Waals surface area contributed by atoms with Gasteiger partial charge in [-0.15, -0.1) is 11.3 Å². The number of fused-ring (bicyclic) bond motifs is 1. The molecule has 3 rings (SSSR count). The fourth-order valence-corrected chi connectivity index (χ4v) is 4.08. The van der Waals surface area contributed by atoms with Gasteiger partial charge in [0.2, 0.25) is 0 Å². The lowest BCUT2D eigenvalue weighted by molar-refractivity contribution is 0.275. The molecule has 3 aromatic rings. The van der Waals surface area contributed by atoms with Gasteiger partial charge in [0.05, 0.1) is 33.5 Å². The zero-order valence-electron chi connectivity index (χ0n) is 15.2. The Labute approximate surface area is 171 Å². The van der Waals surface area contributed by atoms with Crippen molar-refractivity contribution in [3.63, 3.8) is 0 Å². The Hall–Kier alpha value is -2.36. The Morgan fingerprint density at radius 3 is 2.78 bits per heavy atom. The summed E-state index contributed by atoms with van der Waals surface area (Å²) < 4.78 is 13.4. The predicted molar refractivity (Wildman–Crippen MR) is 114 cm³/mol. The first-order valence-corrected chi connectivity index (χ1v) is 10.3. The number of para-hydroxylation sites is 1. The first-order chi connectivity index (χ1) is 13.2. The summed E-state index contributed by atoms with van der Waals surface area (Å²) in [6, 6.07) is 14.0. The Bertz CT molecular complexity index is 988. The number of ether oxygens (including phenoxy) is 2. The molecule has 1 heterocycles. The largest absolute Gasteiger partial charge is 0.490 e. The molecule has 0 bridgehead atoms. The minimum atomic E-state index is 0.521. The van der Waals surface area contributed by atoms with Crippen LogP contribution in [0.25, 0.3) is 21.9 Å². The molecule has 0 radical (unpaired) electrons. The molecule has 0 aliphatic carbocycles. The van der Waals surface area contributed by atoms with E-state index in [0.29, 0.717) is 35.3 Å². The van der Waals surface area contributed by atoms with Gasteiger partial charge < -0.3 is 9.47 Å². The number of thiazole rings is 1. The number of rotatable bonds is 7. The van der Waals surface area contributed by atoms with Crippen LogP contribution in [0.4, 0.5) is 0 Å². The SMILES string of the molecule is CCCOc1c(Br)cc(/C=C(/C#N)c2nc3ccccc3s2)cc1OCC. The number of allylic oxidation sites excluding steroid dienone is 1. The van der Waals surface area contributed by atoms with Crippen LogP contribution in [0.2, 0.25) is 0 Å². The zero-order chi connectivity index (χ0) is 19.2. The van der Waals surface area contributed by atoms with E-state index < -0.39 is 0 Å². The Balaban J connectivity index is 2.01. The predicted octanol–water partition coefficient (Wildman–Crippen LogP) is 6.31. The van der Waals surface area contributed by atoms with E-state index in [0.717, 1.165) is 26.7 Å². The number of hydrogen-bond acceptors (Lipinski definition) is 5. The van der Waals surface area contributed by atoms with Crippen molar-refractivity contribution in [1.82, 2.24) is 4.98 Å². The summed E-state index contributed by atoms with van der Waals surface area (Å²) >= 11 is 5.08. The van der Waals surface area contributed by atoms with Crippen molar-refractivity contribution >= 4 is 49.1 Å². The molecule has 138 valence electrons. The molecular formula is C21H19BrN2O2S. The van der Waals surface area contributed by atoms with Crippen LogP contribution >= 0.6 is 27.3 Å². The molecule has 0 aliphatic heterocycles. The van der Waals surface area contributed by atoms with Crippen LogP contribution in [0, 0.1) is 11.3 Å². The second kappa shape index (κ2) is 9.03. The minimum Gasteiger partial charge on any atom is -0.490 e. The van der Waals surface area contributed by atoms with E-state index in [2.05, 4.69) is 33.9 Å². The van der Waals surface area contributed by atoms with Gasteiger partial charge in [-0.05, 0) is 65.2 Å². The van der Waals surface area contributed by atoms with Crippen LogP contribution in [0.15, 0.2) is 40.9 Å². The molecule has 0 atom stereocenters. The topological polar surface area (TPSA) is 55.1 Å². The fourth-order valence-electron chi connectivity index (χ4n) is 2.57. The normalized spacial score (nSPS) is 11.4. The number of halogens is 1. The van der Waals surface area contributed by atoms with Crippen LogP contribution in [0.5, 0.6) is 11.5 Å². The Kier molecular flexibility index (Phi) is 6.49. The van der Waals surface area contributed by atoms with E-state index in [1.54, 1.807) is 0 Å². The summed E-state index contributed by atoms with van der Waals surface area (Å²) in [5, 5.41) is 10.4. The first-order valence-electron chi connectivity index (χ1n) is 8.73. The standard InChI is InChI=1S/C21H19BrN2O2S/c1-3-9-26-20-16(22)11-14(12-18(20)25-4-2)10-15(13-23)21-24-17-7-5-6-8-19(17)27-21/h5-8,10-12H,3-4,9H2,1-2H3/b15-10-. The van der Waals surface area contributed by atoms with Crippen LogP contribution in [0.3, 0.4) is 0 Å². The smallest absolute Gasteiger partial charge is 0.175 e. The molecule has 0 saturated heterocycles. The van der Waals surface area contributed by atoms with E-state index in [1.165, 1.54) is 11.3 Å². The molecule has 2 aromatic carbocycles. The van der Waals surface area contributed by atoms with Crippen molar-refractivity contribution < 1.29 is 9.47 Å². The number of nitrogens with zero attached hydrogens (tertiary/aromatic N) is 2. The molecule has 1 aromatic heterocycles. The molecule has 0 spiro atoms. The average Bonchev–Trinajstić information content (AvgIpc) is 3.09. The summed E-state index contributed by atoms with van der Waals surface area (Å²) in [4.78, 5) is 4.58. The molecule has 6 heteroatoms. The van der Waals surface area contributed by atoms with E-state index in [1.807, 2.05) is 49.4 Å². The molecule has 0 unspecified atom stereocenters. The van der Waals surface area contributed by atoms with Gasteiger partial charge in [-0.25, -0.2) is 4.98 Å². The Morgan fingerprint density at radius 1 is 1.26 bits per heavy atom. The molecule has 0 N–H and O–H groups in total. The molecule has 0 amide bonds. The lowest BCUT2D eigenvalue weighted by Gasteiger charge is -2.14. The lowest BCUT2D eigenvalue weighted by atomic mass is 10.1. The van der Waals surface area contributed by atoms with E-state index >= 15 is 0 Å². The highest BCUT2D eigenvalue weighted by Gasteiger charge is 2.13. The maximum Gasteiger partial charge on any atom is 0.175 e. The fraction of sp³-hybridized carbons (Fsp3) is 0.238. The van der Waals surface area contributed by atoms with Gasteiger partial charge in [0, 0.05) is 0 Å². The highest BCUT2D eigenvalue weighted by atomic mass is 79.9. The highest BCUT2D eigenvalue weighted by molar-refractivity contribution is 9.10. The van der Waals surface area contributed by atoms with Crippen molar-refractivity contribution in [3.05, 3.63) is 51.4 Å². The van der Waals surface area contributed by atoms with Crippen molar-refractivity contribution in [3.8, 4) is 17.6 Å². The van der Waals surface area contributed by atoms with Gasteiger partial charge in [-0.3, -0.25) is 0 Å². The molecule has 0 fully saturated rings. The van der Waals surface area contributed by atoms with Gasteiger partial charge in [-0.2, -0.15) is 5.26 Å². The Morgan fingerprint density at radius 2 is 2.07 bits per heavy atom. The summed E-state index contributed by atoms with van der Waals surface area (Å²) in [6.07, 6.45) is 2.74. The average molecular weight is 443 g/mol. The lowest BCUT2D eigenvalue weighted by Crippen LogP contribution is -2.01.